The standard InChI is InChI=1S/C24H31N3O3/c1-15(2)30-23(28)12-17-10-19-18-9-16(13-25)5-6-20(18)27(21(19)11-17)14-22-24(3,29)7-8-26(22)4/h5-6,9,15,17,22,29H,7-8,10-12,14H2,1-4H3/t17-,22+,24-/m0/s1. The molecule has 3 atom stereocenters. The van der Waals surface area contributed by atoms with Gasteiger partial charge in [-0.2, -0.15) is 5.26 Å². The van der Waals surface area contributed by atoms with E-state index in [1.54, 1.807) is 0 Å². The summed E-state index contributed by atoms with van der Waals surface area (Å²) in [4.78, 5) is 14.5. The van der Waals surface area contributed by atoms with E-state index in [4.69, 9.17) is 4.74 Å². The topological polar surface area (TPSA) is 78.5 Å². The Kier molecular flexibility index (Phi) is 5.37. The Morgan fingerprint density at radius 3 is 2.80 bits per heavy atom. The number of likely N-dealkylation sites (N-methyl/N-ethyl adjacent to an activating group) is 1. The second kappa shape index (κ2) is 7.72. The van der Waals surface area contributed by atoms with E-state index in [9.17, 15) is 15.2 Å². The molecule has 1 saturated heterocycles. The minimum Gasteiger partial charge on any atom is -0.463 e. The predicted molar refractivity (Wildman–Crippen MR) is 115 cm³/mol. The molecule has 0 saturated carbocycles. The highest BCUT2D eigenvalue weighted by atomic mass is 16.5. The van der Waals surface area contributed by atoms with Crippen LogP contribution < -0.4 is 0 Å². The van der Waals surface area contributed by atoms with Gasteiger partial charge in [-0.25, -0.2) is 0 Å². The molecule has 6 nitrogen and oxygen atoms in total. The van der Waals surface area contributed by atoms with Crippen molar-refractivity contribution < 1.29 is 14.6 Å². The van der Waals surface area contributed by atoms with E-state index in [0.717, 1.165) is 36.7 Å². The highest BCUT2D eigenvalue weighted by Gasteiger charge is 2.42. The van der Waals surface area contributed by atoms with Crippen LogP contribution in [0, 0.1) is 17.2 Å². The van der Waals surface area contributed by atoms with Crippen LogP contribution in [0.3, 0.4) is 0 Å². The summed E-state index contributed by atoms with van der Waals surface area (Å²) in [6.45, 7) is 7.24. The largest absolute Gasteiger partial charge is 0.463 e. The molecule has 2 aliphatic rings. The maximum atomic E-state index is 12.2. The molecule has 160 valence electrons. The molecule has 1 aromatic heterocycles. The van der Waals surface area contributed by atoms with Gasteiger partial charge < -0.3 is 14.4 Å². The summed E-state index contributed by atoms with van der Waals surface area (Å²) in [7, 11) is 2.07. The molecular formula is C24H31N3O3. The number of likely N-dealkylation sites (tertiary alicyclic amines) is 1. The average Bonchev–Trinajstić information content (AvgIpc) is 3.27. The van der Waals surface area contributed by atoms with Crippen molar-refractivity contribution in [3.8, 4) is 6.07 Å². The molecule has 4 rings (SSSR count). The quantitative estimate of drug-likeness (QED) is 0.768. The van der Waals surface area contributed by atoms with Crippen molar-refractivity contribution in [2.24, 2.45) is 5.92 Å². The van der Waals surface area contributed by atoms with Crippen molar-refractivity contribution in [2.45, 2.75) is 70.7 Å². The second-order valence-corrected chi connectivity index (χ2v) is 9.50. The first-order valence-corrected chi connectivity index (χ1v) is 10.9. The number of esters is 1. The molecule has 0 spiro atoms. The number of nitrogens with zero attached hydrogens (tertiary/aromatic N) is 3. The van der Waals surface area contributed by atoms with Crippen LogP contribution in [0.5, 0.6) is 0 Å². The molecule has 2 heterocycles. The number of rotatable bonds is 5. The zero-order valence-electron chi connectivity index (χ0n) is 18.3. The van der Waals surface area contributed by atoms with Gasteiger partial charge in [0.1, 0.15) is 0 Å². The van der Waals surface area contributed by atoms with Crippen LogP contribution >= 0.6 is 0 Å². The van der Waals surface area contributed by atoms with Crippen molar-refractivity contribution >= 4 is 16.9 Å². The lowest BCUT2D eigenvalue weighted by molar-refractivity contribution is -0.148. The number of benzene rings is 1. The van der Waals surface area contributed by atoms with Crippen LogP contribution in [-0.4, -0.2) is 51.9 Å². The number of aliphatic hydroxyl groups is 1. The number of ether oxygens (including phenoxy) is 1. The van der Waals surface area contributed by atoms with Gasteiger partial charge in [0.15, 0.2) is 0 Å². The number of hydrogen-bond donors (Lipinski definition) is 1. The van der Waals surface area contributed by atoms with Gasteiger partial charge in [0.05, 0.1) is 29.4 Å². The molecule has 1 fully saturated rings. The Morgan fingerprint density at radius 2 is 2.17 bits per heavy atom. The van der Waals surface area contributed by atoms with E-state index in [0.29, 0.717) is 18.5 Å². The Hall–Kier alpha value is -2.36. The fraction of sp³-hybridized carbons (Fsp3) is 0.583. The summed E-state index contributed by atoms with van der Waals surface area (Å²) >= 11 is 0. The first kappa shape index (κ1) is 20.9. The molecule has 2 aromatic rings. The normalized spacial score (nSPS) is 26.3. The zero-order chi connectivity index (χ0) is 21.6. The Morgan fingerprint density at radius 1 is 1.40 bits per heavy atom. The molecule has 1 aromatic carbocycles. The third-order valence-corrected chi connectivity index (χ3v) is 6.79. The summed E-state index contributed by atoms with van der Waals surface area (Å²) in [5.74, 6) is 0.0663. The minimum absolute atomic E-state index is 0.0257. The fourth-order valence-corrected chi connectivity index (χ4v) is 5.25. The van der Waals surface area contributed by atoms with Gasteiger partial charge in [0, 0.05) is 36.1 Å². The van der Waals surface area contributed by atoms with Crippen molar-refractivity contribution in [1.29, 1.82) is 5.26 Å². The first-order chi connectivity index (χ1) is 14.2. The van der Waals surface area contributed by atoms with Crippen molar-refractivity contribution in [2.75, 3.05) is 13.6 Å². The first-order valence-electron chi connectivity index (χ1n) is 10.9. The third kappa shape index (κ3) is 3.73. The number of aromatic nitrogens is 1. The van der Waals surface area contributed by atoms with Crippen LogP contribution in [0.1, 0.15) is 50.4 Å². The molecule has 0 radical (unpaired) electrons. The van der Waals surface area contributed by atoms with E-state index in [2.05, 4.69) is 22.6 Å². The van der Waals surface area contributed by atoms with Crippen molar-refractivity contribution in [1.82, 2.24) is 9.47 Å². The number of hydrogen-bond acceptors (Lipinski definition) is 5. The van der Waals surface area contributed by atoms with E-state index >= 15 is 0 Å². The maximum Gasteiger partial charge on any atom is 0.306 e. The van der Waals surface area contributed by atoms with Gasteiger partial charge in [-0.3, -0.25) is 9.69 Å². The van der Waals surface area contributed by atoms with E-state index < -0.39 is 5.60 Å². The van der Waals surface area contributed by atoms with E-state index in [-0.39, 0.29) is 24.0 Å². The summed E-state index contributed by atoms with van der Waals surface area (Å²) < 4.78 is 7.68. The lowest BCUT2D eigenvalue weighted by Gasteiger charge is -2.30. The minimum atomic E-state index is -0.732. The maximum absolute atomic E-state index is 12.2. The number of carbonyl (C=O) groups excluding carboxylic acids is 1. The summed E-state index contributed by atoms with van der Waals surface area (Å²) in [5.41, 5.74) is 3.50. The van der Waals surface area contributed by atoms with Gasteiger partial charge in [0.2, 0.25) is 0 Å². The van der Waals surface area contributed by atoms with E-state index in [1.165, 1.54) is 11.3 Å². The van der Waals surface area contributed by atoms with Crippen LogP contribution in [0.25, 0.3) is 10.9 Å². The molecule has 0 amide bonds. The summed E-state index contributed by atoms with van der Waals surface area (Å²) in [5, 5.41) is 21.4. The Bertz CT molecular complexity index is 1010. The summed E-state index contributed by atoms with van der Waals surface area (Å²) in [6.07, 6.45) is 2.70. The molecule has 0 bridgehead atoms. The molecule has 1 N–H and O–H groups in total. The van der Waals surface area contributed by atoms with Crippen LogP contribution in [0.15, 0.2) is 18.2 Å². The summed E-state index contributed by atoms with van der Waals surface area (Å²) in [6, 6.07) is 8.13. The monoisotopic (exact) mass is 409 g/mol. The van der Waals surface area contributed by atoms with Crippen molar-refractivity contribution in [3.05, 3.63) is 35.0 Å². The average molecular weight is 410 g/mol. The highest BCUT2D eigenvalue weighted by Crippen LogP contribution is 2.39. The third-order valence-electron chi connectivity index (χ3n) is 6.79. The van der Waals surface area contributed by atoms with Crippen molar-refractivity contribution in [3.63, 3.8) is 0 Å². The zero-order valence-corrected chi connectivity index (χ0v) is 18.3. The van der Waals surface area contributed by atoms with Gasteiger partial charge in [0.25, 0.3) is 0 Å². The lowest BCUT2D eigenvalue weighted by Crippen LogP contribution is -2.44. The van der Waals surface area contributed by atoms with Crippen LogP contribution in [-0.2, 0) is 28.9 Å². The predicted octanol–water partition coefficient (Wildman–Crippen LogP) is 3.02. The fourth-order valence-electron chi connectivity index (χ4n) is 5.25. The lowest BCUT2D eigenvalue weighted by atomic mass is 9.96. The number of carbonyl (C=O) groups is 1. The number of fused-ring (bicyclic) bond motifs is 3. The molecule has 1 aliphatic carbocycles. The van der Waals surface area contributed by atoms with Gasteiger partial charge in [-0.1, -0.05) is 0 Å². The van der Waals surface area contributed by atoms with Gasteiger partial charge >= 0.3 is 5.97 Å². The van der Waals surface area contributed by atoms with Gasteiger partial charge in [-0.05, 0) is 76.8 Å². The SMILES string of the molecule is CC(C)OC(=O)C[C@H]1Cc2c(n(C[C@H]3N(C)CC[C@]3(C)O)c3ccc(C#N)cc23)C1. The van der Waals surface area contributed by atoms with Crippen LogP contribution in [0.4, 0.5) is 0 Å². The molecular weight excluding hydrogens is 378 g/mol. The van der Waals surface area contributed by atoms with E-state index in [1.807, 2.05) is 39.0 Å². The molecule has 1 aliphatic heterocycles. The van der Waals surface area contributed by atoms with Crippen LogP contribution in [0.2, 0.25) is 0 Å². The van der Waals surface area contributed by atoms with Gasteiger partial charge in [-0.15, -0.1) is 0 Å². The Balaban J connectivity index is 1.69. The Labute approximate surface area is 178 Å². The molecule has 6 heteroatoms. The number of nitriles is 1. The molecule has 0 unspecified atom stereocenters. The molecule has 30 heavy (non-hydrogen) atoms. The smallest absolute Gasteiger partial charge is 0.306 e. The highest BCUT2D eigenvalue weighted by molar-refractivity contribution is 5.87. The second-order valence-electron chi connectivity index (χ2n) is 9.50.